The van der Waals surface area contributed by atoms with Crippen LogP contribution in [0.2, 0.25) is 0 Å². The van der Waals surface area contributed by atoms with Gasteiger partial charge in [0.1, 0.15) is 0 Å². The Morgan fingerprint density at radius 2 is 1.30 bits per heavy atom. The van der Waals surface area contributed by atoms with E-state index in [2.05, 4.69) is 15.4 Å². The number of benzene rings is 2. The Balaban J connectivity index is 2.34. The first-order valence-corrected chi connectivity index (χ1v) is 7.62. The number of hydrogen-bond acceptors (Lipinski definition) is 4. The molecule has 106 valence electrons. The Bertz CT molecular complexity index is 663. The van der Waals surface area contributed by atoms with Crippen molar-refractivity contribution in [1.82, 2.24) is 0 Å². The molecule has 0 amide bonds. The van der Waals surface area contributed by atoms with Crippen LogP contribution in [0.4, 0.5) is 17.1 Å². The third kappa shape index (κ3) is 3.21. The highest BCUT2D eigenvalue weighted by Crippen LogP contribution is 2.24. The molecule has 3 N–H and O–H groups in total. The van der Waals surface area contributed by atoms with E-state index in [0.717, 1.165) is 11.4 Å². The molecule has 5 nitrogen and oxygen atoms in total. The maximum atomic E-state index is 12.2. The number of hydrogen-bond donors (Lipinski definition) is 3. The number of rotatable bonds is 5. The summed E-state index contributed by atoms with van der Waals surface area (Å²) in [5.41, 5.74) is 2.15. The smallest absolute Gasteiger partial charge is 0.261 e. The van der Waals surface area contributed by atoms with Crippen molar-refractivity contribution in [1.29, 1.82) is 0 Å². The zero-order chi connectivity index (χ0) is 14.6. The molecule has 20 heavy (non-hydrogen) atoms. The molecule has 0 aliphatic rings. The topological polar surface area (TPSA) is 70.2 Å². The van der Waals surface area contributed by atoms with Crippen molar-refractivity contribution < 1.29 is 8.42 Å². The molecule has 0 spiro atoms. The summed E-state index contributed by atoms with van der Waals surface area (Å²) in [6, 6.07) is 13.6. The summed E-state index contributed by atoms with van der Waals surface area (Å²) in [5, 5.41) is 5.99. The van der Waals surface area contributed by atoms with Gasteiger partial charge in [-0.3, -0.25) is 4.72 Å². The highest BCUT2D eigenvalue weighted by atomic mass is 32.2. The van der Waals surface area contributed by atoms with Crippen molar-refractivity contribution >= 4 is 27.1 Å². The molecule has 0 saturated carbocycles. The Hall–Kier alpha value is -2.21. The SMILES string of the molecule is CNc1cc(NC)cc(NS(=O)(=O)c2ccccc2)c1. The summed E-state index contributed by atoms with van der Waals surface area (Å²) in [4.78, 5) is 0.237. The van der Waals surface area contributed by atoms with Crippen LogP contribution in [0, 0.1) is 0 Å². The van der Waals surface area contributed by atoms with E-state index < -0.39 is 10.0 Å². The van der Waals surface area contributed by atoms with Crippen molar-refractivity contribution in [2.45, 2.75) is 4.90 Å². The van der Waals surface area contributed by atoms with Crippen LogP contribution < -0.4 is 15.4 Å². The Morgan fingerprint density at radius 3 is 1.80 bits per heavy atom. The minimum absolute atomic E-state index is 0.237. The van der Waals surface area contributed by atoms with Gasteiger partial charge in [0.2, 0.25) is 0 Å². The van der Waals surface area contributed by atoms with E-state index in [-0.39, 0.29) is 4.90 Å². The highest BCUT2D eigenvalue weighted by Gasteiger charge is 2.14. The third-order valence-electron chi connectivity index (χ3n) is 2.82. The molecule has 0 aliphatic carbocycles. The van der Waals surface area contributed by atoms with Gasteiger partial charge in [-0.25, -0.2) is 8.42 Å². The van der Waals surface area contributed by atoms with Crippen LogP contribution in [-0.2, 0) is 10.0 Å². The van der Waals surface area contributed by atoms with Crippen LogP contribution in [0.25, 0.3) is 0 Å². The van der Waals surface area contributed by atoms with E-state index >= 15 is 0 Å². The van der Waals surface area contributed by atoms with Crippen molar-refractivity contribution in [2.24, 2.45) is 0 Å². The van der Waals surface area contributed by atoms with E-state index in [1.54, 1.807) is 56.6 Å². The molecule has 0 aromatic heterocycles. The molecule has 0 fully saturated rings. The summed E-state index contributed by atoms with van der Waals surface area (Å²) in [6.07, 6.45) is 0. The van der Waals surface area contributed by atoms with Gasteiger partial charge in [-0.2, -0.15) is 0 Å². The first-order chi connectivity index (χ1) is 9.55. The van der Waals surface area contributed by atoms with E-state index in [0.29, 0.717) is 5.69 Å². The largest absolute Gasteiger partial charge is 0.388 e. The van der Waals surface area contributed by atoms with Gasteiger partial charge >= 0.3 is 0 Å². The van der Waals surface area contributed by atoms with Gasteiger partial charge in [0, 0.05) is 25.5 Å². The zero-order valence-electron chi connectivity index (χ0n) is 11.3. The van der Waals surface area contributed by atoms with Crippen LogP contribution in [-0.4, -0.2) is 22.5 Å². The van der Waals surface area contributed by atoms with Gasteiger partial charge in [-0.15, -0.1) is 0 Å². The van der Waals surface area contributed by atoms with Gasteiger partial charge in [-0.05, 0) is 30.3 Å². The van der Waals surface area contributed by atoms with Gasteiger partial charge in [0.25, 0.3) is 10.0 Å². The van der Waals surface area contributed by atoms with Crippen LogP contribution in [0.15, 0.2) is 53.4 Å². The second kappa shape index (κ2) is 5.83. The fourth-order valence-corrected chi connectivity index (χ4v) is 2.85. The summed E-state index contributed by atoms with van der Waals surface area (Å²) in [6.45, 7) is 0. The summed E-state index contributed by atoms with van der Waals surface area (Å²) in [5.74, 6) is 0. The van der Waals surface area contributed by atoms with E-state index in [9.17, 15) is 8.42 Å². The molecule has 2 aromatic rings. The zero-order valence-corrected chi connectivity index (χ0v) is 12.2. The summed E-state index contributed by atoms with van der Waals surface area (Å²) >= 11 is 0. The molecule has 6 heteroatoms. The molecular formula is C14H17N3O2S. The van der Waals surface area contributed by atoms with Crippen LogP contribution in [0.3, 0.4) is 0 Å². The Kier molecular flexibility index (Phi) is 4.14. The maximum absolute atomic E-state index is 12.2. The highest BCUT2D eigenvalue weighted by molar-refractivity contribution is 7.92. The lowest BCUT2D eigenvalue weighted by Crippen LogP contribution is -2.13. The molecule has 2 rings (SSSR count). The first-order valence-electron chi connectivity index (χ1n) is 6.13. The monoisotopic (exact) mass is 291 g/mol. The molecule has 0 bridgehead atoms. The normalized spacial score (nSPS) is 10.9. The molecular weight excluding hydrogens is 274 g/mol. The van der Waals surface area contributed by atoms with Gasteiger partial charge in [0.15, 0.2) is 0 Å². The summed E-state index contributed by atoms with van der Waals surface area (Å²) in [7, 11) is -0.00486. The van der Waals surface area contributed by atoms with Crippen LogP contribution in [0.1, 0.15) is 0 Å². The van der Waals surface area contributed by atoms with E-state index in [4.69, 9.17) is 0 Å². The van der Waals surface area contributed by atoms with E-state index in [1.165, 1.54) is 0 Å². The number of sulfonamides is 1. The molecule has 2 aromatic carbocycles. The fourth-order valence-electron chi connectivity index (χ4n) is 1.79. The van der Waals surface area contributed by atoms with Crippen LogP contribution in [0.5, 0.6) is 0 Å². The molecule has 0 radical (unpaired) electrons. The minimum atomic E-state index is -3.57. The van der Waals surface area contributed by atoms with Gasteiger partial charge in [0.05, 0.1) is 10.6 Å². The van der Waals surface area contributed by atoms with Crippen LogP contribution >= 0.6 is 0 Å². The lowest BCUT2D eigenvalue weighted by atomic mass is 10.2. The number of nitrogens with one attached hydrogen (secondary N) is 3. The lowest BCUT2D eigenvalue weighted by Gasteiger charge is -2.12. The second-order valence-corrected chi connectivity index (χ2v) is 5.90. The lowest BCUT2D eigenvalue weighted by molar-refractivity contribution is 0.601. The molecule has 0 unspecified atom stereocenters. The fraction of sp³-hybridized carbons (Fsp3) is 0.143. The Morgan fingerprint density at radius 1 is 0.800 bits per heavy atom. The first kappa shape index (κ1) is 14.2. The van der Waals surface area contributed by atoms with E-state index in [1.807, 2.05) is 6.07 Å². The molecule has 0 saturated heterocycles. The van der Waals surface area contributed by atoms with Gasteiger partial charge in [-0.1, -0.05) is 18.2 Å². The molecule has 0 heterocycles. The maximum Gasteiger partial charge on any atom is 0.261 e. The Labute approximate surface area is 119 Å². The third-order valence-corrected chi connectivity index (χ3v) is 4.21. The van der Waals surface area contributed by atoms with Crippen molar-refractivity contribution in [2.75, 3.05) is 29.5 Å². The average Bonchev–Trinajstić information content (AvgIpc) is 2.47. The van der Waals surface area contributed by atoms with Crippen molar-refractivity contribution in [3.8, 4) is 0 Å². The number of anilines is 3. The second-order valence-electron chi connectivity index (χ2n) is 4.22. The average molecular weight is 291 g/mol. The van der Waals surface area contributed by atoms with Crippen molar-refractivity contribution in [3.63, 3.8) is 0 Å². The molecule has 0 atom stereocenters. The quantitative estimate of drug-likeness (QED) is 0.792. The van der Waals surface area contributed by atoms with Gasteiger partial charge < -0.3 is 10.6 Å². The standard InChI is InChI=1S/C14H17N3O2S/c1-15-11-8-12(16-2)10-13(9-11)17-20(18,19)14-6-4-3-5-7-14/h3-10,15-17H,1-2H3. The molecule has 0 aliphatic heterocycles. The minimum Gasteiger partial charge on any atom is -0.388 e. The summed E-state index contributed by atoms with van der Waals surface area (Å²) < 4.78 is 27.1. The predicted molar refractivity (Wildman–Crippen MR) is 82.8 cm³/mol. The van der Waals surface area contributed by atoms with Crippen molar-refractivity contribution in [3.05, 3.63) is 48.5 Å². The predicted octanol–water partition coefficient (Wildman–Crippen LogP) is 2.57.